The van der Waals surface area contributed by atoms with Crippen molar-refractivity contribution >= 4 is 102 Å². The van der Waals surface area contributed by atoms with E-state index in [9.17, 15) is 0 Å². The topological polar surface area (TPSA) is 0 Å². The Morgan fingerprint density at radius 1 is 0.429 bits per heavy atom. The minimum Gasteiger partial charge on any atom is -0.0768 e. The molecule has 0 unspecified atom stereocenters. The molecule has 0 saturated carbocycles. The molecule has 0 spiro atoms. The normalized spacial score (nSPS) is 13.7. The molecule has 0 saturated heterocycles. The highest BCUT2D eigenvalue weighted by atomic mass is 28.3. The molecule has 0 nitrogen and oxygen atoms in total. The van der Waals surface area contributed by atoms with E-state index in [1.54, 1.807) is 15.6 Å². The fraction of sp³-hybridized carbons (Fsp3) is 0.342. The molecule has 0 amide bonds. The summed E-state index contributed by atoms with van der Waals surface area (Å²) in [7, 11) is -5.26. The van der Waals surface area contributed by atoms with Crippen LogP contribution >= 0.6 is 0 Å². The summed E-state index contributed by atoms with van der Waals surface area (Å²) in [5.41, 5.74) is 5.26. The van der Waals surface area contributed by atoms with Crippen LogP contribution in [0.3, 0.4) is 0 Å². The summed E-state index contributed by atoms with van der Waals surface area (Å²) in [5.74, 6) is 0. The lowest BCUT2D eigenvalue weighted by Gasteiger charge is -2.24. The monoisotopic (exact) mass is 616 g/mol. The van der Waals surface area contributed by atoms with Crippen molar-refractivity contribution in [3.8, 4) is 0 Å². The smallest absolute Gasteiger partial charge is 0.0768 e. The largest absolute Gasteiger partial charge is 0.0776 e. The average molecular weight is 617 g/mol. The standard InChI is InChI=1S/C38H48Si4/c1-38(2,3)39-20-19-31-35(24-39)34-23-27(42(10,11)12)15-18-30(34)36-28-16-13-25(40(4,5)6)21-32(28)33-22-26(41(7,8)9)14-17-29(33)37(31)36/h13-24H,1-12H3. The van der Waals surface area contributed by atoms with Crippen molar-refractivity contribution in [3.63, 3.8) is 0 Å². The highest BCUT2D eigenvalue weighted by Crippen LogP contribution is 2.43. The van der Waals surface area contributed by atoms with Gasteiger partial charge in [0.15, 0.2) is 0 Å². The first-order chi connectivity index (χ1) is 19.4. The Balaban J connectivity index is 1.94. The molecule has 216 valence electrons. The van der Waals surface area contributed by atoms with E-state index in [0.717, 1.165) is 0 Å². The zero-order chi connectivity index (χ0) is 30.6. The van der Waals surface area contributed by atoms with Gasteiger partial charge < -0.3 is 0 Å². The quantitative estimate of drug-likeness (QED) is 0.137. The van der Waals surface area contributed by atoms with E-state index in [1.807, 2.05) is 0 Å². The summed E-state index contributed by atoms with van der Waals surface area (Å²) >= 11 is 0. The van der Waals surface area contributed by atoms with Crippen LogP contribution in [0.5, 0.6) is 0 Å². The predicted octanol–water partition coefficient (Wildman–Crippen LogP) is 9.87. The molecule has 6 rings (SSSR count). The second-order valence-electron chi connectivity index (χ2n) is 16.8. The van der Waals surface area contributed by atoms with Crippen LogP contribution in [0.2, 0.25) is 58.9 Å². The second kappa shape index (κ2) is 9.56. The van der Waals surface area contributed by atoms with Crippen LogP contribution in [0.25, 0.3) is 53.9 Å². The van der Waals surface area contributed by atoms with E-state index in [4.69, 9.17) is 0 Å². The van der Waals surface area contributed by atoms with Crippen molar-refractivity contribution in [2.24, 2.45) is 0 Å². The third-order valence-electron chi connectivity index (χ3n) is 9.45. The van der Waals surface area contributed by atoms with E-state index < -0.39 is 32.6 Å². The maximum Gasteiger partial charge on any atom is 0.0776 e. The van der Waals surface area contributed by atoms with Crippen LogP contribution in [0.15, 0.2) is 72.0 Å². The molecule has 0 N–H and O–H groups in total. The molecule has 0 aliphatic rings. The summed E-state index contributed by atoms with van der Waals surface area (Å²) in [4.78, 5) is 0. The van der Waals surface area contributed by atoms with Gasteiger partial charge in [-0.1, -0.05) is 167 Å². The fourth-order valence-electron chi connectivity index (χ4n) is 6.64. The van der Waals surface area contributed by atoms with Gasteiger partial charge in [0.2, 0.25) is 0 Å². The van der Waals surface area contributed by atoms with Crippen molar-refractivity contribution in [2.75, 3.05) is 0 Å². The van der Waals surface area contributed by atoms with Gasteiger partial charge in [-0.2, -0.15) is 0 Å². The lowest BCUT2D eigenvalue weighted by Crippen LogP contribution is -2.37. The van der Waals surface area contributed by atoms with Crippen LogP contribution in [-0.2, 0) is 5.04 Å². The van der Waals surface area contributed by atoms with E-state index in [-0.39, 0.29) is 5.04 Å². The Morgan fingerprint density at radius 2 is 0.762 bits per heavy atom. The summed E-state index contributed by atoms with van der Waals surface area (Å²) in [5, 5.41) is 19.3. The van der Waals surface area contributed by atoms with E-state index in [0.29, 0.717) is 0 Å². The predicted molar refractivity (Wildman–Crippen MR) is 204 cm³/mol. The molecular weight excluding hydrogens is 569 g/mol. The lowest BCUT2D eigenvalue weighted by atomic mass is 9.88. The average Bonchev–Trinajstić information content (AvgIpc) is 2.89. The first-order valence-corrected chi connectivity index (χ1v) is 27.9. The van der Waals surface area contributed by atoms with Gasteiger partial charge in [-0.05, 0) is 58.9 Å². The molecule has 0 radical (unpaired) electrons. The molecule has 0 aliphatic carbocycles. The number of hydrogen-bond donors (Lipinski definition) is 0. The molecule has 1 heterocycles. The second-order valence-corrected chi connectivity index (χ2v) is 35.1. The first-order valence-electron chi connectivity index (χ1n) is 15.7. The van der Waals surface area contributed by atoms with Gasteiger partial charge in [0, 0.05) is 8.40 Å². The zero-order valence-corrected chi connectivity index (χ0v) is 31.9. The van der Waals surface area contributed by atoms with Crippen LogP contribution < -0.4 is 15.6 Å². The van der Waals surface area contributed by atoms with E-state index >= 15 is 0 Å². The molecule has 0 bridgehead atoms. The first kappa shape index (κ1) is 29.7. The highest BCUT2D eigenvalue weighted by Gasteiger charge is 2.25. The lowest BCUT2D eigenvalue weighted by molar-refractivity contribution is 0.696. The minimum atomic E-state index is -1.49. The Kier molecular flexibility index (Phi) is 6.75. The van der Waals surface area contributed by atoms with Gasteiger partial charge in [-0.15, -0.1) is 0 Å². The van der Waals surface area contributed by atoms with Crippen LogP contribution in [0.4, 0.5) is 0 Å². The van der Waals surface area contributed by atoms with Crippen molar-refractivity contribution in [2.45, 2.75) is 84.7 Å². The number of rotatable bonds is 3. The number of benzene rings is 5. The van der Waals surface area contributed by atoms with Crippen LogP contribution in [0.1, 0.15) is 20.8 Å². The maximum atomic E-state index is 2.69. The van der Waals surface area contributed by atoms with Gasteiger partial charge in [0.05, 0.1) is 24.2 Å². The SMILES string of the molecule is CC(C)(C)[si]1ccc2c(c1)c1cc([Si](C)(C)C)ccc1c1c3ccc([Si](C)(C)C)cc3c3cc([Si](C)(C)C)ccc3c21. The van der Waals surface area contributed by atoms with Crippen LogP contribution in [0, 0.1) is 0 Å². The van der Waals surface area contributed by atoms with E-state index in [2.05, 4.69) is 152 Å². The number of fused-ring (bicyclic) bond motifs is 11. The molecule has 0 atom stereocenters. The van der Waals surface area contributed by atoms with Crippen LogP contribution in [-0.4, -0.2) is 32.6 Å². The minimum absolute atomic E-state index is 0.279. The fourth-order valence-corrected chi connectivity index (χ4v) is 12.1. The molecular formula is C38H48Si4. The Labute approximate surface area is 257 Å². The summed E-state index contributed by atoms with van der Waals surface area (Å²) in [6.45, 7) is 29.5. The zero-order valence-electron chi connectivity index (χ0n) is 27.9. The summed E-state index contributed by atoms with van der Waals surface area (Å²) < 4.78 is 0. The molecule has 0 aliphatic heterocycles. The Hall–Kier alpha value is -2.38. The third kappa shape index (κ3) is 4.88. The van der Waals surface area contributed by atoms with E-state index in [1.165, 1.54) is 53.9 Å². The molecule has 6 aromatic rings. The van der Waals surface area contributed by atoms with Crippen molar-refractivity contribution in [3.05, 3.63) is 72.0 Å². The van der Waals surface area contributed by atoms with Crippen molar-refractivity contribution < 1.29 is 0 Å². The van der Waals surface area contributed by atoms with Crippen molar-refractivity contribution in [1.82, 2.24) is 0 Å². The van der Waals surface area contributed by atoms with Gasteiger partial charge in [-0.25, -0.2) is 0 Å². The van der Waals surface area contributed by atoms with Gasteiger partial charge in [0.25, 0.3) is 0 Å². The Bertz CT molecular complexity index is 1760. The van der Waals surface area contributed by atoms with Crippen molar-refractivity contribution in [1.29, 1.82) is 0 Å². The van der Waals surface area contributed by atoms with Gasteiger partial charge in [0.1, 0.15) is 0 Å². The molecule has 4 heteroatoms. The molecule has 0 fully saturated rings. The van der Waals surface area contributed by atoms with Gasteiger partial charge in [-0.3, -0.25) is 0 Å². The molecule has 1 aromatic heterocycles. The third-order valence-corrected chi connectivity index (χ3v) is 18.4. The maximum absolute atomic E-state index is 2.69. The van der Waals surface area contributed by atoms with Gasteiger partial charge >= 0.3 is 0 Å². The molecule has 5 aromatic carbocycles. The summed E-state index contributed by atoms with van der Waals surface area (Å²) in [6.07, 6.45) is 0. The Morgan fingerprint density at radius 3 is 1.10 bits per heavy atom. The number of hydrogen-bond acceptors (Lipinski definition) is 0. The summed E-state index contributed by atoms with van der Waals surface area (Å²) in [6, 6.07) is 25.0. The highest BCUT2D eigenvalue weighted by molar-refractivity contribution is 6.90. The molecule has 42 heavy (non-hydrogen) atoms.